The number of hydrogen-bond donors (Lipinski definition) is 2. The van der Waals surface area contributed by atoms with E-state index in [-0.39, 0.29) is 0 Å². The molecular weight excluding hydrogens is 254 g/mol. The number of nitrogens with one attached hydrogen (secondary N) is 1. The predicted octanol–water partition coefficient (Wildman–Crippen LogP) is 1.94. The maximum Gasteiger partial charge on any atom is 0.188 e. The van der Waals surface area contributed by atoms with Crippen LogP contribution in [0.3, 0.4) is 0 Å². The molecular formula is C15H23N3O2. The highest BCUT2D eigenvalue weighted by atomic mass is 16.5. The third-order valence-corrected chi connectivity index (χ3v) is 2.47. The van der Waals surface area contributed by atoms with E-state index in [2.05, 4.69) is 16.9 Å². The molecule has 110 valence electrons. The zero-order valence-electron chi connectivity index (χ0n) is 12.2. The van der Waals surface area contributed by atoms with E-state index < -0.39 is 0 Å². The highest BCUT2D eigenvalue weighted by molar-refractivity contribution is 5.77. The van der Waals surface area contributed by atoms with Gasteiger partial charge in [-0.1, -0.05) is 12.2 Å². The minimum Gasteiger partial charge on any atom is -0.497 e. The van der Waals surface area contributed by atoms with Crippen LogP contribution >= 0.6 is 0 Å². The molecule has 0 unspecified atom stereocenters. The van der Waals surface area contributed by atoms with Gasteiger partial charge in [0.15, 0.2) is 5.96 Å². The maximum atomic E-state index is 5.69. The van der Waals surface area contributed by atoms with Gasteiger partial charge in [0.2, 0.25) is 0 Å². The zero-order chi connectivity index (χ0) is 14.8. The molecule has 20 heavy (non-hydrogen) atoms. The second kappa shape index (κ2) is 8.85. The van der Waals surface area contributed by atoms with Crippen molar-refractivity contribution >= 4 is 5.96 Å². The Hall–Kier alpha value is -2.17. The van der Waals surface area contributed by atoms with Crippen molar-refractivity contribution in [2.45, 2.75) is 13.3 Å². The Kier molecular flexibility index (Phi) is 7.03. The quantitative estimate of drug-likeness (QED) is 0.330. The van der Waals surface area contributed by atoms with Gasteiger partial charge in [-0.2, -0.15) is 0 Å². The largest absolute Gasteiger partial charge is 0.497 e. The van der Waals surface area contributed by atoms with E-state index in [1.165, 1.54) is 0 Å². The fourth-order valence-electron chi connectivity index (χ4n) is 1.43. The molecule has 0 fully saturated rings. The molecule has 0 spiro atoms. The van der Waals surface area contributed by atoms with Gasteiger partial charge >= 0.3 is 0 Å². The molecule has 1 rings (SSSR count). The van der Waals surface area contributed by atoms with Gasteiger partial charge < -0.3 is 20.5 Å². The van der Waals surface area contributed by atoms with Crippen molar-refractivity contribution in [1.29, 1.82) is 0 Å². The lowest BCUT2D eigenvalue weighted by Crippen LogP contribution is -2.33. The first-order chi connectivity index (χ1) is 9.61. The fourth-order valence-corrected chi connectivity index (χ4v) is 1.43. The summed E-state index contributed by atoms with van der Waals surface area (Å²) in [5.74, 6) is 2.09. The van der Waals surface area contributed by atoms with Gasteiger partial charge in [-0.05, 0) is 37.6 Å². The first-order valence-corrected chi connectivity index (χ1v) is 6.57. The summed E-state index contributed by atoms with van der Waals surface area (Å²) in [6, 6.07) is 7.51. The molecule has 0 aliphatic heterocycles. The monoisotopic (exact) mass is 277 g/mol. The summed E-state index contributed by atoms with van der Waals surface area (Å²) in [4.78, 5) is 4.13. The summed E-state index contributed by atoms with van der Waals surface area (Å²) in [6.45, 7) is 7.58. The lowest BCUT2D eigenvalue weighted by Gasteiger charge is -2.08. The van der Waals surface area contributed by atoms with E-state index in [1.807, 2.05) is 31.2 Å². The SMILES string of the molecule is C=C(C)CN=C(N)NCCCOc1ccc(OC)cc1. The third kappa shape index (κ3) is 6.68. The standard InChI is InChI=1S/C15H23N3O2/c1-12(2)11-18-15(16)17-9-4-10-20-14-7-5-13(19-3)6-8-14/h5-8H,1,4,9-11H2,2-3H3,(H3,16,17,18). The summed E-state index contributed by atoms with van der Waals surface area (Å²) in [7, 11) is 1.64. The molecule has 0 aromatic heterocycles. The molecule has 0 saturated heterocycles. The van der Waals surface area contributed by atoms with E-state index in [9.17, 15) is 0 Å². The van der Waals surface area contributed by atoms with Crippen LogP contribution in [0.1, 0.15) is 13.3 Å². The number of benzene rings is 1. The lowest BCUT2D eigenvalue weighted by molar-refractivity contribution is 0.310. The number of methoxy groups -OCH3 is 1. The van der Waals surface area contributed by atoms with Crippen LogP contribution in [-0.2, 0) is 0 Å². The van der Waals surface area contributed by atoms with Crippen LogP contribution in [0, 0.1) is 0 Å². The van der Waals surface area contributed by atoms with Crippen LogP contribution in [0.4, 0.5) is 0 Å². The van der Waals surface area contributed by atoms with Crippen LogP contribution in [0.5, 0.6) is 11.5 Å². The molecule has 0 aliphatic rings. The lowest BCUT2D eigenvalue weighted by atomic mass is 10.3. The van der Waals surface area contributed by atoms with Crippen LogP contribution < -0.4 is 20.5 Å². The van der Waals surface area contributed by atoms with Crippen molar-refractivity contribution < 1.29 is 9.47 Å². The highest BCUT2D eigenvalue weighted by Gasteiger charge is 1.96. The van der Waals surface area contributed by atoms with E-state index in [4.69, 9.17) is 15.2 Å². The summed E-state index contributed by atoms with van der Waals surface area (Å²) in [5.41, 5.74) is 6.67. The van der Waals surface area contributed by atoms with Gasteiger partial charge in [0, 0.05) is 6.54 Å². The number of guanidine groups is 1. The highest BCUT2D eigenvalue weighted by Crippen LogP contribution is 2.16. The molecule has 0 atom stereocenters. The number of hydrogen-bond acceptors (Lipinski definition) is 3. The van der Waals surface area contributed by atoms with Gasteiger partial charge in [0.05, 0.1) is 20.3 Å². The molecule has 3 N–H and O–H groups in total. The Morgan fingerprint density at radius 3 is 2.55 bits per heavy atom. The molecule has 5 heteroatoms. The molecule has 0 saturated carbocycles. The average molecular weight is 277 g/mol. The summed E-state index contributed by atoms with van der Waals surface area (Å²) < 4.78 is 10.7. The molecule has 0 heterocycles. The van der Waals surface area contributed by atoms with E-state index >= 15 is 0 Å². The van der Waals surface area contributed by atoms with Gasteiger partial charge in [-0.25, -0.2) is 4.99 Å². The maximum absolute atomic E-state index is 5.69. The van der Waals surface area contributed by atoms with E-state index in [0.717, 1.165) is 30.0 Å². The molecule has 5 nitrogen and oxygen atoms in total. The normalized spacial score (nSPS) is 11.0. The Balaban J connectivity index is 2.15. The minimum absolute atomic E-state index is 0.442. The fraction of sp³-hybridized carbons (Fsp3) is 0.400. The number of nitrogens with zero attached hydrogens (tertiary/aromatic N) is 1. The first kappa shape index (κ1) is 15.9. The van der Waals surface area contributed by atoms with Crippen molar-refractivity contribution in [2.75, 3.05) is 26.8 Å². The van der Waals surface area contributed by atoms with Crippen LogP contribution in [0.15, 0.2) is 41.4 Å². The average Bonchev–Trinajstić information content (AvgIpc) is 2.45. The molecule has 0 bridgehead atoms. The number of ether oxygens (including phenoxy) is 2. The second-order valence-electron chi connectivity index (χ2n) is 4.46. The number of rotatable bonds is 8. The van der Waals surface area contributed by atoms with Crippen molar-refractivity contribution in [1.82, 2.24) is 5.32 Å². The van der Waals surface area contributed by atoms with Gasteiger partial charge in [0.1, 0.15) is 11.5 Å². The van der Waals surface area contributed by atoms with Gasteiger partial charge in [-0.3, -0.25) is 0 Å². The van der Waals surface area contributed by atoms with Crippen molar-refractivity contribution in [3.63, 3.8) is 0 Å². The van der Waals surface area contributed by atoms with Crippen LogP contribution in [-0.4, -0.2) is 32.8 Å². The van der Waals surface area contributed by atoms with Crippen molar-refractivity contribution in [3.05, 3.63) is 36.4 Å². The zero-order valence-corrected chi connectivity index (χ0v) is 12.2. The van der Waals surface area contributed by atoms with Gasteiger partial charge in [0.25, 0.3) is 0 Å². The molecule has 1 aromatic rings. The summed E-state index contributed by atoms with van der Waals surface area (Å²) >= 11 is 0. The number of nitrogens with two attached hydrogens (primary N) is 1. The smallest absolute Gasteiger partial charge is 0.188 e. The Morgan fingerprint density at radius 1 is 1.30 bits per heavy atom. The first-order valence-electron chi connectivity index (χ1n) is 6.57. The van der Waals surface area contributed by atoms with Crippen molar-refractivity contribution in [2.24, 2.45) is 10.7 Å². The summed E-state index contributed by atoms with van der Waals surface area (Å²) in [6.07, 6.45) is 0.843. The van der Waals surface area contributed by atoms with E-state index in [1.54, 1.807) is 7.11 Å². The molecule has 0 radical (unpaired) electrons. The topological polar surface area (TPSA) is 68.9 Å². The van der Waals surface area contributed by atoms with E-state index in [0.29, 0.717) is 19.1 Å². The molecule has 0 aliphatic carbocycles. The van der Waals surface area contributed by atoms with Crippen LogP contribution in [0.25, 0.3) is 0 Å². The summed E-state index contributed by atoms with van der Waals surface area (Å²) in [5, 5.41) is 3.03. The predicted molar refractivity (Wildman–Crippen MR) is 82.4 cm³/mol. The Labute approximate surface area is 120 Å². The number of aliphatic imine (C=N–C) groups is 1. The van der Waals surface area contributed by atoms with Crippen molar-refractivity contribution in [3.8, 4) is 11.5 Å². The third-order valence-electron chi connectivity index (χ3n) is 2.47. The van der Waals surface area contributed by atoms with Gasteiger partial charge in [-0.15, -0.1) is 0 Å². The molecule has 1 aromatic carbocycles. The Bertz CT molecular complexity index is 441. The second-order valence-corrected chi connectivity index (χ2v) is 4.46. The minimum atomic E-state index is 0.442. The Morgan fingerprint density at radius 2 is 1.95 bits per heavy atom. The van der Waals surface area contributed by atoms with Crippen LogP contribution in [0.2, 0.25) is 0 Å². The molecule has 0 amide bonds.